The molecule has 0 aliphatic heterocycles. The topological polar surface area (TPSA) is 0 Å². The summed E-state index contributed by atoms with van der Waals surface area (Å²) in [4.78, 5) is 0. The third-order valence-electron chi connectivity index (χ3n) is 6.00. The maximum absolute atomic E-state index is 3.07. The Morgan fingerprint density at radius 3 is 1.52 bits per heavy atom. The summed E-state index contributed by atoms with van der Waals surface area (Å²) >= 11 is 0. The molecule has 0 aromatic heterocycles. The first-order valence-electron chi connectivity index (χ1n) is 11.0. The second kappa shape index (κ2) is 12.1. The Labute approximate surface area is 160 Å². The van der Waals surface area contributed by atoms with Crippen LogP contribution in [-0.4, -0.2) is 0 Å². The molecule has 0 fully saturated rings. The van der Waals surface area contributed by atoms with Gasteiger partial charge in [-0.3, -0.25) is 0 Å². The Balaban J connectivity index is 3.60. The normalized spacial score (nSPS) is 15.2. The van der Waals surface area contributed by atoms with Crippen molar-refractivity contribution in [3.8, 4) is 0 Å². The van der Waals surface area contributed by atoms with Crippen LogP contribution in [0.1, 0.15) is 134 Å². The molecule has 0 amide bonds. The van der Waals surface area contributed by atoms with E-state index in [0.29, 0.717) is 0 Å². The zero-order valence-corrected chi connectivity index (χ0v) is 19.0. The number of rotatable bonds is 12. The second-order valence-corrected chi connectivity index (χ2v) is 8.37. The summed E-state index contributed by atoms with van der Waals surface area (Å²) in [5.41, 5.74) is 5.12. The molecule has 0 spiro atoms. The van der Waals surface area contributed by atoms with Crippen molar-refractivity contribution in [1.29, 1.82) is 0 Å². The van der Waals surface area contributed by atoms with Crippen LogP contribution in [0.15, 0.2) is 12.1 Å². The lowest BCUT2D eigenvalue weighted by atomic mass is 9.75. The second-order valence-electron chi connectivity index (χ2n) is 7.75. The number of hydrogen-bond acceptors (Lipinski definition) is 0. The molecule has 0 aliphatic rings. The zero-order chi connectivity index (χ0) is 18.8. The Kier molecular flexibility index (Phi) is 11.0. The fraction of sp³-hybridized carbons (Fsp3) is 0.750. The Hall–Kier alpha value is -0.350. The summed E-state index contributed by atoms with van der Waals surface area (Å²) < 4.78 is 0. The van der Waals surface area contributed by atoms with Gasteiger partial charge in [0.1, 0.15) is 0 Å². The Morgan fingerprint density at radius 2 is 1.08 bits per heavy atom. The highest BCUT2D eigenvalue weighted by Crippen LogP contribution is 2.41. The van der Waals surface area contributed by atoms with Crippen LogP contribution < -0.4 is 5.30 Å². The van der Waals surface area contributed by atoms with E-state index in [1.165, 1.54) is 63.1 Å². The molecule has 1 aromatic rings. The van der Waals surface area contributed by atoms with E-state index < -0.39 is 0 Å². The van der Waals surface area contributed by atoms with Gasteiger partial charge < -0.3 is 0 Å². The van der Waals surface area contributed by atoms with Crippen molar-refractivity contribution < 1.29 is 0 Å². The van der Waals surface area contributed by atoms with Gasteiger partial charge in [-0.05, 0) is 78.3 Å². The fourth-order valence-corrected chi connectivity index (χ4v) is 5.15. The Bertz CT molecular complexity index is 491. The molecular formula is C24H43P. The number of hydrogen-bond donors (Lipinski definition) is 0. The van der Waals surface area contributed by atoms with Crippen molar-refractivity contribution >= 4 is 14.5 Å². The first-order valence-corrected chi connectivity index (χ1v) is 11.6. The van der Waals surface area contributed by atoms with Crippen LogP contribution in [0.25, 0.3) is 0 Å². The average Bonchev–Trinajstić information content (AvgIpc) is 2.62. The molecule has 144 valence electrons. The molecule has 25 heavy (non-hydrogen) atoms. The van der Waals surface area contributed by atoms with Crippen molar-refractivity contribution in [2.45, 2.75) is 117 Å². The lowest BCUT2D eigenvalue weighted by molar-refractivity contribution is 0.532. The minimum Gasteiger partial charge on any atom is -0.105 e. The van der Waals surface area contributed by atoms with Crippen LogP contribution in [0.2, 0.25) is 0 Å². The van der Waals surface area contributed by atoms with Crippen LogP contribution in [0, 0.1) is 0 Å². The first kappa shape index (κ1) is 22.7. The zero-order valence-electron chi connectivity index (χ0n) is 17.8. The van der Waals surface area contributed by atoms with E-state index in [4.69, 9.17) is 0 Å². The first-order chi connectivity index (χ1) is 12.1. The SMILES string of the molecule is CCCC(CC)c1ccc(P)c(C(CC)CCC)c1C(CC)CCC. The molecule has 0 heterocycles. The Morgan fingerprint density at radius 1 is 0.640 bits per heavy atom. The van der Waals surface area contributed by atoms with Crippen LogP contribution in [0.3, 0.4) is 0 Å². The van der Waals surface area contributed by atoms with Crippen LogP contribution in [-0.2, 0) is 0 Å². The molecule has 1 rings (SSSR count). The minimum atomic E-state index is 0.720. The molecule has 0 nitrogen and oxygen atoms in total. The molecule has 0 N–H and O–H groups in total. The molecule has 0 bridgehead atoms. The third kappa shape index (κ3) is 5.82. The van der Waals surface area contributed by atoms with Gasteiger partial charge in [0.15, 0.2) is 0 Å². The largest absolute Gasteiger partial charge is 0.105 e. The van der Waals surface area contributed by atoms with Crippen LogP contribution in [0.4, 0.5) is 0 Å². The van der Waals surface area contributed by atoms with E-state index in [1.54, 1.807) is 16.7 Å². The molecule has 1 heteroatoms. The maximum atomic E-state index is 3.07. The molecule has 4 atom stereocenters. The van der Waals surface area contributed by atoms with Crippen molar-refractivity contribution in [1.82, 2.24) is 0 Å². The van der Waals surface area contributed by atoms with Crippen molar-refractivity contribution in [3.05, 3.63) is 28.8 Å². The molecule has 4 unspecified atom stereocenters. The van der Waals surface area contributed by atoms with Gasteiger partial charge in [0.05, 0.1) is 0 Å². The predicted molar refractivity (Wildman–Crippen MR) is 120 cm³/mol. The molecule has 0 radical (unpaired) electrons. The summed E-state index contributed by atoms with van der Waals surface area (Å²) in [7, 11) is 3.07. The van der Waals surface area contributed by atoms with Gasteiger partial charge >= 0.3 is 0 Å². The van der Waals surface area contributed by atoms with E-state index in [2.05, 4.69) is 62.9 Å². The van der Waals surface area contributed by atoms with E-state index >= 15 is 0 Å². The fourth-order valence-electron chi connectivity index (χ4n) is 4.67. The monoisotopic (exact) mass is 362 g/mol. The average molecular weight is 363 g/mol. The summed E-state index contributed by atoms with van der Waals surface area (Å²) in [6, 6.07) is 4.87. The van der Waals surface area contributed by atoms with Crippen molar-refractivity contribution in [3.63, 3.8) is 0 Å². The van der Waals surface area contributed by atoms with Gasteiger partial charge in [0.25, 0.3) is 0 Å². The summed E-state index contributed by atoms with van der Waals surface area (Å²) in [6.45, 7) is 14.2. The van der Waals surface area contributed by atoms with Crippen molar-refractivity contribution in [2.24, 2.45) is 0 Å². The van der Waals surface area contributed by atoms with Crippen molar-refractivity contribution in [2.75, 3.05) is 0 Å². The highest BCUT2D eigenvalue weighted by Gasteiger charge is 2.26. The summed E-state index contributed by atoms with van der Waals surface area (Å²) in [6.07, 6.45) is 11.6. The van der Waals surface area contributed by atoms with Gasteiger partial charge in [-0.2, -0.15) is 0 Å². The molecule has 0 saturated heterocycles. The van der Waals surface area contributed by atoms with Gasteiger partial charge in [-0.1, -0.05) is 72.9 Å². The minimum absolute atomic E-state index is 0.720. The summed E-state index contributed by atoms with van der Waals surface area (Å²) in [5, 5.41) is 1.46. The maximum Gasteiger partial charge on any atom is -0.0156 e. The van der Waals surface area contributed by atoms with Crippen LogP contribution >= 0.6 is 9.24 Å². The highest BCUT2D eigenvalue weighted by molar-refractivity contribution is 7.27. The summed E-state index contributed by atoms with van der Waals surface area (Å²) in [5.74, 6) is 2.18. The van der Waals surface area contributed by atoms with Gasteiger partial charge in [-0.25, -0.2) is 0 Å². The molecule has 0 aliphatic carbocycles. The quantitative estimate of drug-likeness (QED) is 0.330. The van der Waals surface area contributed by atoms with E-state index in [9.17, 15) is 0 Å². The van der Waals surface area contributed by atoms with Gasteiger partial charge in [0.2, 0.25) is 0 Å². The lowest BCUT2D eigenvalue weighted by Crippen LogP contribution is -2.19. The molecule has 1 aromatic carbocycles. The smallest absolute Gasteiger partial charge is 0.0156 e. The third-order valence-corrected chi connectivity index (χ3v) is 6.50. The van der Waals surface area contributed by atoms with Crippen LogP contribution in [0.5, 0.6) is 0 Å². The lowest BCUT2D eigenvalue weighted by Gasteiger charge is -2.31. The molecular weight excluding hydrogens is 319 g/mol. The van der Waals surface area contributed by atoms with E-state index in [-0.39, 0.29) is 0 Å². The predicted octanol–water partition coefficient (Wildman–Crippen LogP) is 8.07. The molecule has 0 saturated carbocycles. The highest BCUT2D eigenvalue weighted by atomic mass is 31.0. The van der Waals surface area contributed by atoms with Gasteiger partial charge in [-0.15, -0.1) is 9.24 Å². The number of benzene rings is 1. The van der Waals surface area contributed by atoms with E-state index in [1.807, 2.05) is 0 Å². The van der Waals surface area contributed by atoms with Gasteiger partial charge in [0, 0.05) is 0 Å². The standard InChI is InChI=1S/C24H43P/c1-7-13-18(10-4)21-16-17-22(25)24(20(12-6)15-9-3)23(21)19(11-5)14-8-2/h16-20H,7-15,25H2,1-6H3. The van der Waals surface area contributed by atoms with E-state index in [0.717, 1.165) is 17.8 Å².